The Kier molecular flexibility index (Phi) is 3.09. The first-order valence-electron chi connectivity index (χ1n) is 6.72. The first-order chi connectivity index (χ1) is 7.50. The molecule has 3 saturated carbocycles. The number of aliphatic hydroxyl groups excluding tert-OH is 2. The molecule has 0 aromatic heterocycles. The van der Waals surface area contributed by atoms with Gasteiger partial charge >= 0.3 is 0 Å². The van der Waals surface area contributed by atoms with Crippen LogP contribution in [-0.4, -0.2) is 23.4 Å². The number of hydrogen-bond acceptors (Lipinski definition) is 2. The van der Waals surface area contributed by atoms with Gasteiger partial charge in [-0.05, 0) is 54.3 Å². The summed E-state index contributed by atoms with van der Waals surface area (Å²) in [5.74, 6) is 1.23. The van der Waals surface area contributed by atoms with Gasteiger partial charge in [-0.3, -0.25) is 0 Å². The topological polar surface area (TPSA) is 40.5 Å². The van der Waals surface area contributed by atoms with E-state index in [9.17, 15) is 10.2 Å². The average Bonchev–Trinajstić information content (AvgIpc) is 2.27. The van der Waals surface area contributed by atoms with E-state index in [4.69, 9.17) is 0 Å². The van der Waals surface area contributed by atoms with E-state index in [1.807, 2.05) is 0 Å². The van der Waals surface area contributed by atoms with E-state index in [0.717, 1.165) is 0 Å². The third-order valence-electron chi connectivity index (χ3n) is 5.99. The molecule has 0 heterocycles. The molecule has 2 N–H and O–H groups in total. The summed E-state index contributed by atoms with van der Waals surface area (Å²) in [5.41, 5.74) is 0.568. The zero-order chi connectivity index (χ0) is 12.0. The fourth-order valence-corrected chi connectivity index (χ4v) is 4.58. The number of aliphatic hydroxyl groups is 2. The normalized spacial score (nSPS) is 47.6. The third kappa shape index (κ3) is 1.46. The van der Waals surface area contributed by atoms with Crippen LogP contribution < -0.4 is 0 Å². The second kappa shape index (κ2) is 3.99. The SMILES string of the molecule is CC(C)C12CCC(C)(CC1)C(CO)C2CO. The molecule has 3 fully saturated rings. The molecule has 2 nitrogen and oxygen atoms in total. The molecule has 3 aliphatic rings. The fraction of sp³-hybridized carbons (Fsp3) is 1.00. The van der Waals surface area contributed by atoms with Gasteiger partial charge in [0, 0.05) is 13.2 Å². The summed E-state index contributed by atoms with van der Waals surface area (Å²) in [6.45, 7) is 7.37. The predicted molar refractivity (Wildman–Crippen MR) is 65.0 cm³/mol. The van der Waals surface area contributed by atoms with Crippen LogP contribution in [0.3, 0.4) is 0 Å². The minimum Gasteiger partial charge on any atom is -0.396 e. The van der Waals surface area contributed by atoms with E-state index < -0.39 is 0 Å². The maximum atomic E-state index is 9.73. The summed E-state index contributed by atoms with van der Waals surface area (Å²) in [6.07, 6.45) is 4.94. The minimum atomic E-state index is 0.246. The highest BCUT2D eigenvalue weighted by Crippen LogP contribution is 2.64. The summed E-state index contributed by atoms with van der Waals surface area (Å²) in [7, 11) is 0. The summed E-state index contributed by atoms with van der Waals surface area (Å²) in [6, 6.07) is 0. The van der Waals surface area contributed by atoms with Gasteiger partial charge in [-0.25, -0.2) is 0 Å². The summed E-state index contributed by atoms with van der Waals surface area (Å²) < 4.78 is 0. The molecule has 0 amide bonds. The lowest BCUT2D eigenvalue weighted by atomic mass is 9.43. The Morgan fingerprint density at radius 2 is 1.50 bits per heavy atom. The Balaban J connectivity index is 2.35. The summed E-state index contributed by atoms with van der Waals surface area (Å²) >= 11 is 0. The van der Waals surface area contributed by atoms with Crippen LogP contribution in [0.5, 0.6) is 0 Å². The van der Waals surface area contributed by atoms with Crippen LogP contribution in [0.2, 0.25) is 0 Å². The molecular weight excluding hydrogens is 200 g/mol. The van der Waals surface area contributed by atoms with Crippen molar-refractivity contribution in [1.82, 2.24) is 0 Å². The Morgan fingerprint density at radius 3 is 1.88 bits per heavy atom. The highest BCUT2D eigenvalue weighted by atomic mass is 16.3. The first kappa shape index (κ1) is 12.4. The van der Waals surface area contributed by atoms with Crippen molar-refractivity contribution >= 4 is 0 Å². The molecule has 2 heteroatoms. The van der Waals surface area contributed by atoms with Gasteiger partial charge < -0.3 is 10.2 Å². The van der Waals surface area contributed by atoms with E-state index >= 15 is 0 Å². The highest BCUT2D eigenvalue weighted by molar-refractivity contribution is 5.07. The lowest BCUT2D eigenvalue weighted by Crippen LogP contribution is -2.57. The van der Waals surface area contributed by atoms with E-state index in [-0.39, 0.29) is 18.6 Å². The predicted octanol–water partition coefficient (Wildman–Crippen LogP) is 2.44. The van der Waals surface area contributed by atoms with Gasteiger partial charge in [-0.15, -0.1) is 0 Å². The van der Waals surface area contributed by atoms with E-state index in [1.54, 1.807) is 0 Å². The molecule has 0 aromatic rings. The van der Waals surface area contributed by atoms with Crippen molar-refractivity contribution in [1.29, 1.82) is 0 Å². The second-order valence-electron chi connectivity index (χ2n) is 6.62. The van der Waals surface area contributed by atoms with Crippen LogP contribution in [-0.2, 0) is 0 Å². The summed E-state index contributed by atoms with van der Waals surface area (Å²) in [5, 5.41) is 19.4. The van der Waals surface area contributed by atoms with Crippen LogP contribution >= 0.6 is 0 Å². The molecule has 16 heavy (non-hydrogen) atoms. The van der Waals surface area contributed by atoms with Crippen molar-refractivity contribution in [2.24, 2.45) is 28.6 Å². The van der Waals surface area contributed by atoms with Gasteiger partial charge in [0.15, 0.2) is 0 Å². The van der Waals surface area contributed by atoms with Gasteiger partial charge in [0.2, 0.25) is 0 Å². The fourth-order valence-electron chi connectivity index (χ4n) is 4.58. The van der Waals surface area contributed by atoms with Gasteiger partial charge in [-0.2, -0.15) is 0 Å². The average molecular weight is 226 g/mol. The monoisotopic (exact) mass is 226 g/mol. The lowest BCUT2D eigenvalue weighted by molar-refractivity contribution is -0.162. The Labute approximate surface area is 99.1 Å². The maximum Gasteiger partial charge on any atom is 0.0468 e. The molecule has 3 rings (SSSR count). The molecule has 0 saturated heterocycles. The highest BCUT2D eigenvalue weighted by Gasteiger charge is 2.58. The van der Waals surface area contributed by atoms with Crippen LogP contribution in [0.4, 0.5) is 0 Å². The molecule has 0 spiro atoms. The van der Waals surface area contributed by atoms with Crippen molar-refractivity contribution in [3.63, 3.8) is 0 Å². The Hall–Kier alpha value is -0.0800. The van der Waals surface area contributed by atoms with E-state index in [1.165, 1.54) is 25.7 Å². The minimum absolute atomic E-state index is 0.246. The van der Waals surface area contributed by atoms with Crippen molar-refractivity contribution in [3.05, 3.63) is 0 Å². The standard InChI is InChI=1S/C14H26O2/c1-10(2)14-6-4-13(3,5-7-14)11(8-15)12(14)9-16/h10-12,15-16H,4-9H2,1-3H3. The Morgan fingerprint density at radius 1 is 1.00 bits per heavy atom. The van der Waals surface area contributed by atoms with Crippen LogP contribution in [0.25, 0.3) is 0 Å². The van der Waals surface area contributed by atoms with E-state index in [0.29, 0.717) is 23.2 Å². The molecule has 0 radical (unpaired) electrons. The number of rotatable bonds is 3. The van der Waals surface area contributed by atoms with Crippen LogP contribution in [0, 0.1) is 28.6 Å². The molecule has 2 unspecified atom stereocenters. The molecule has 3 aliphatic carbocycles. The molecule has 94 valence electrons. The third-order valence-corrected chi connectivity index (χ3v) is 5.99. The summed E-state index contributed by atoms with van der Waals surface area (Å²) in [4.78, 5) is 0. The van der Waals surface area contributed by atoms with Crippen molar-refractivity contribution in [3.8, 4) is 0 Å². The zero-order valence-corrected chi connectivity index (χ0v) is 10.9. The second-order valence-corrected chi connectivity index (χ2v) is 6.62. The number of fused-ring (bicyclic) bond motifs is 3. The first-order valence-corrected chi connectivity index (χ1v) is 6.72. The van der Waals surface area contributed by atoms with E-state index in [2.05, 4.69) is 20.8 Å². The van der Waals surface area contributed by atoms with Gasteiger partial charge in [0.25, 0.3) is 0 Å². The Bertz CT molecular complexity index is 251. The number of hydrogen-bond donors (Lipinski definition) is 2. The molecular formula is C14H26O2. The van der Waals surface area contributed by atoms with Gasteiger partial charge in [0.05, 0.1) is 0 Å². The van der Waals surface area contributed by atoms with Gasteiger partial charge in [-0.1, -0.05) is 20.8 Å². The van der Waals surface area contributed by atoms with Gasteiger partial charge in [0.1, 0.15) is 0 Å². The van der Waals surface area contributed by atoms with Crippen molar-refractivity contribution < 1.29 is 10.2 Å². The lowest BCUT2D eigenvalue weighted by Gasteiger charge is -2.62. The largest absolute Gasteiger partial charge is 0.396 e. The van der Waals surface area contributed by atoms with Crippen molar-refractivity contribution in [2.45, 2.75) is 46.5 Å². The zero-order valence-electron chi connectivity index (χ0n) is 10.9. The maximum absolute atomic E-state index is 9.73. The molecule has 2 atom stereocenters. The van der Waals surface area contributed by atoms with Crippen LogP contribution in [0.15, 0.2) is 0 Å². The quantitative estimate of drug-likeness (QED) is 0.776. The molecule has 0 aromatic carbocycles. The molecule has 2 bridgehead atoms. The smallest absolute Gasteiger partial charge is 0.0468 e. The molecule has 0 aliphatic heterocycles. The van der Waals surface area contributed by atoms with Crippen LogP contribution in [0.1, 0.15) is 46.5 Å². The van der Waals surface area contributed by atoms with Crippen molar-refractivity contribution in [2.75, 3.05) is 13.2 Å².